The molecule has 2 atom stereocenters. The van der Waals surface area contributed by atoms with Crippen molar-refractivity contribution in [3.8, 4) is 0 Å². The first kappa shape index (κ1) is 16.6. The zero-order chi connectivity index (χ0) is 16.9. The highest BCUT2D eigenvalue weighted by Crippen LogP contribution is 2.34. The summed E-state index contributed by atoms with van der Waals surface area (Å²) in [6.07, 6.45) is 5.75. The third kappa shape index (κ3) is 3.61. The minimum atomic E-state index is 0.0166. The first-order chi connectivity index (χ1) is 11.7. The lowest BCUT2D eigenvalue weighted by molar-refractivity contribution is 0.151. The largest absolute Gasteiger partial charge is 0.337 e. The molecule has 0 saturated carbocycles. The second kappa shape index (κ2) is 7.51. The number of aromatic nitrogens is 2. The van der Waals surface area contributed by atoms with Gasteiger partial charge in [0.15, 0.2) is 0 Å². The van der Waals surface area contributed by atoms with Crippen molar-refractivity contribution in [2.24, 2.45) is 13.0 Å². The summed E-state index contributed by atoms with van der Waals surface area (Å²) < 4.78 is 1.93. The molecule has 5 nitrogen and oxygen atoms in total. The highest BCUT2D eigenvalue weighted by molar-refractivity contribution is 5.74. The van der Waals surface area contributed by atoms with Crippen LogP contribution in [0.4, 0.5) is 4.79 Å². The van der Waals surface area contributed by atoms with Gasteiger partial charge in [-0.2, -0.15) is 0 Å². The molecular weight excluding hydrogens is 300 g/mol. The summed E-state index contributed by atoms with van der Waals surface area (Å²) in [5.74, 6) is 1.93. The first-order valence-electron chi connectivity index (χ1n) is 8.73. The molecule has 3 rings (SSSR count). The number of benzene rings is 1. The minimum absolute atomic E-state index is 0.0166. The van der Waals surface area contributed by atoms with Crippen LogP contribution in [0.15, 0.2) is 42.7 Å². The van der Waals surface area contributed by atoms with E-state index in [1.807, 2.05) is 22.7 Å². The summed E-state index contributed by atoms with van der Waals surface area (Å²) in [5, 5.41) is 3.00. The van der Waals surface area contributed by atoms with Crippen LogP contribution in [0.25, 0.3) is 0 Å². The summed E-state index contributed by atoms with van der Waals surface area (Å²) in [4.78, 5) is 18.7. The molecule has 0 unspecified atom stereocenters. The van der Waals surface area contributed by atoms with Crippen molar-refractivity contribution in [1.29, 1.82) is 0 Å². The van der Waals surface area contributed by atoms with E-state index in [9.17, 15) is 4.79 Å². The van der Waals surface area contributed by atoms with Gasteiger partial charge in [0.05, 0.1) is 6.54 Å². The molecule has 0 bridgehead atoms. The van der Waals surface area contributed by atoms with Crippen LogP contribution in [0.1, 0.15) is 37.1 Å². The van der Waals surface area contributed by atoms with Crippen molar-refractivity contribution >= 4 is 6.03 Å². The number of carbonyl (C=O) groups is 1. The Hall–Kier alpha value is -2.30. The van der Waals surface area contributed by atoms with Crippen molar-refractivity contribution in [1.82, 2.24) is 19.8 Å². The maximum absolute atomic E-state index is 12.5. The number of likely N-dealkylation sites (tertiary alicyclic amines) is 1. The Bertz CT molecular complexity index is 667. The van der Waals surface area contributed by atoms with Crippen LogP contribution in [-0.2, 0) is 13.6 Å². The number of hydrogen-bond acceptors (Lipinski definition) is 2. The fourth-order valence-electron chi connectivity index (χ4n) is 3.60. The van der Waals surface area contributed by atoms with Gasteiger partial charge in [-0.25, -0.2) is 9.78 Å². The van der Waals surface area contributed by atoms with Crippen LogP contribution in [0, 0.1) is 5.92 Å². The number of urea groups is 1. The van der Waals surface area contributed by atoms with E-state index in [1.54, 1.807) is 6.20 Å². The Morgan fingerprint density at radius 2 is 2.12 bits per heavy atom. The first-order valence-corrected chi connectivity index (χ1v) is 8.73. The number of hydrogen-bond donors (Lipinski definition) is 1. The van der Waals surface area contributed by atoms with Gasteiger partial charge in [-0.05, 0) is 23.8 Å². The van der Waals surface area contributed by atoms with Gasteiger partial charge in [-0.1, -0.05) is 43.7 Å². The van der Waals surface area contributed by atoms with E-state index in [-0.39, 0.29) is 6.03 Å². The van der Waals surface area contributed by atoms with Crippen molar-refractivity contribution < 1.29 is 4.79 Å². The predicted molar refractivity (Wildman–Crippen MR) is 94.6 cm³/mol. The molecule has 2 heterocycles. The van der Waals surface area contributed by atoms with E-state index in [1.165, 1.54) is 5.56 Å². The molecule has 1 aromatic carbocycles. The van der Waals surface area contributed by atoms with Gasteiger partial charge < -0.3 is 14.8 Å². The smallest absolute Gasteiger partial charge is 0.317 e. The summed E-state index contributed by atoms with van der Waals surface area (Å²) in [5.41, 5.74) is 1.40. The van der Waals surface area contributed by atoms with Crippen LogP contribution in [0.2, 0.25) is 0 Å². The molecule has 0 spiro atoms. The van der Waals surface area contributed by atoms with Crippen LogP contribution < -0.4 is 5.32 Å². The van der Waals surface area contributed by atoms with E-state index >= 15 is 0 Å². The standard InChI is InChI=1S/C19H26N4O/c1-3-15-14-23(11-9-17(15)16-7-5-4-6-8-16)19(24)21-13-18-20-10-12-22(18)2/h4-8,10,12,15,17H,3,9,11,13-14H2,1-2H3,(H,21,24)/t15-,17-/m1/s1. The Balaban J connectivity index is 1.59. The maximum Gasteiger partial charge on any atom is 0.317 e. The average molecular weight is 326 g/mol. The van der Waals surface area contributed by atoms with Crippen LogP contribution in [0.3, 0.4) is 0 Å². The second-order valence-electron chi connectivity index (χ2n) is 6.53. The lowest BCUT2D eigenvalue weighted by Crippen LogP contribution is -2.47. The topological polar surface area (TPSA) is 50.2 Å². The van der Waals surface area contributed by atoms with Gasteiger partial charge in [0, 0.05) is 32.5 Å². The fourth-order valence-corrected chi connectivity index (χ4v) is 3.60. The van der Waals surface area contributed by atoms with Crippen molar-refractivity contribution in [3.05, 3.63) is 54.1 Å². The van der Waals surface area contributed by atoms with Gasteiger partial charge in [0.25, 0.3) is 0 Å². The predicted octanol–water partition coefficient (Wildman–Crippen LogP) is 3.15. The van der Waals surface area contributed by atoms with Crippen LogP contribution in [-0.4, -0.2) is 33.6 Å². The van der Waals surface area contributed by atoms with Crippen molar-refractivity contribution in [2.45, 2.75) is 32.2 Å². The number of piperidine rings is 1. The average Bonchev–Trinajstić information content (AvgIpc) is 3.04. The zero-order valence-corrected chi connectivity index (χ0v) is 14.5. The van der Waals surface area contributed by atoms with Crippen LogP contribution in [0.5, 0.6) is 0 Å². The molecule has 0 radical (unpaired) electrons. The molecule has 0 aliphatic carbocycles. The van der Waals surface area contributed by atoms with E-state index < -0.39 is 0 Å². The molecule has 1 aromatic heterocycles. The van der Waals surface area contributed by atoms with Crippen LogP contribution >= 0.6 is 0 Å². The molecule has 1 fully saturated rings. The number of nitrogens with zero attached hydrogens (tertiary/aromatic N) is 3. The highest BCUT2D eigenvalue weighted by Gasteiger charge is 2.31. The van der Waals surface area contributed by atoms with Gasteiger partial charge in [-0.3, -0.25) is 0 Å². The fraction of sp³-hybridized carbons (Fsp3) is 0.474. The van der Waals surface area contributed by atoms with E-state index in [4.69, 9.17) is 0 Å². The SMILES string of the molecule is CC[C@@H]1CN(C(=O)NCc2nccn2C)CC[C@H]1c1ccccc1. The minimum Gasteiger partial charge on any atom is -0.337 e. The Morgan fingerprint density at radius 1 is 1.33 bits per heavy atom. The third-order valence-electron chi connectivity index (χ3n) is 5.09. The number of carbonyl (C=O) groups excluding carboxylic acids is 1. The molecule has 1 aliphatic heterocycles. The molecule has 1 aliphatic rings. The van der Waals surface area contributed by atoms with E-state index in [0.717, 1.165) is 31.8 Å². The lowest BCUT2D eigenvalue weighted by Gasteiger charge is -2.38. The highest BCUT2D eigenvalue weighted by atomic mass is 16.2. The number of amides is 2. The monoisotopic (exact) mass is 326 g/mol. The molecule has 128 valence electrons. The number of aryl methyl sites for hydroxylation is 1. The van der Waals surface area contributed by atoms with Gasteiger partial charge in [0.2, 0.25) is 0 Å². The van der Waals surface area contributed by atoms with E-state index in [0.29, 0.717) is 18.4 Å². The maximum atomic E-state index is 12.5. The lowest BCUT2D eigenvalue weighted by atomic mass is 9.79. The normalized spacial score (nSPS) is 20.8. The summed E-state index contributed by atoms with van der Waals surface area (Å²) in [6, 6.07) is 10.7. The van der Waals surface area contributed by atoms with Crippen molar-refractivity contribution in [2.75, 3.05) is 13.1 Å². The molecule has 1 N–H and O–H groups in total. The van der Waals surface area contributed by atoms with Gasteiger partial charge in [-0.15, -0.1) is 0 Å². The Kier molecular flexibility index (Phi) is 5.18. The Labute approximate surface area is 143 Å². The Morgan fingerprint density at radius 3 is 2.79 bits per heavy atom. The molecule has 5 heteroatoms. The molecule has 24 heavy (non-hydrogen) atoms. The van der Waals surface area contributed by atoms with E-state index in [2.05, 4.69) is 47.6 Å². The van der Waals surface area contributed by atoms with Crippen molar-refractivity contribution in [3.63, 3.8) is 0 Å². The molecule has 2 amide bonds. The summed E-state index contributed by atoms with van der Waals surface area (Å²) in [7, 11) is 1.94. The zero-order valence-electron chi connectivity index (χ0n) is 14.5. The summed E-state index contributed by atoms with van der Waals surface area (Å²) in [6.45, 7) is 4.32. The number of rotatable bonds is 4. The molecule has 1 saturated heterocycles. The number of imidazole rings is 1. The molecule has 2 aromatic rings. The van der Waals surface area contributed by atoms with Gasteiger partial charge >= 0.3 is 6.03 Å². The molecular formula is C19H26N4O. The second-order valence-corrected chi connectivity index (χ2v) is 6.53. The quantitative estimate of drug-likeness (QED) is 0.938. The third-order valence-corrected chi connectivity index (χ3v) is 5.09. The number of nitrogens with one attached hydrogen (secondary N) is 1. The summed E-state index contributed by atoms with van der Waals surface area (Å²) >= 11 is 0. The van der Waals surface area contributed by atoms with Gasteiger partial charge in [0.1, 0.15) is 5.82 Å².